The summed E-state index contributed by atoms with van der Waals surface area (Å²) in [6, 6.07) is 2.02. The van der Waals surface area contributed by atoms with Crippen molar-refractivity contribution in [3.63, 3.8) is 0 Å². The third kappa shape index (κ3) is 3.90. The number of hydrogen-bond donors (Lipinski definition) is 2. The van der Waals surface area contributed by atoms with Gasteiger partial charge >= 0.3 is 0 Å². The molecule has 0 aliphatic heterocycles. The van der Waals surface area contributed by atoms with E-state index in [1.807, 2.05) is 45.4 Å². The van der Waals surface area contributed by atoms with Crippen LogP contribution in [0.1, 0.15) is 49.8 Å². The Balaban J connectivity index is 2.04. The van der Waals surface area contributed by atoms with Gasteiger partial charge in [0.15, 0.2) is 5.65 Å². The van der Waals surface area contributed by atoms with Crippen LogP contribution in [-0.4, -0.2) is 39.7 Å². The second-order valence-electron chi connectivity index (χ2n) is 6.42. The van der Waals surface area contributed by atoms with Crippen LogP contribution in [0.2, 0.25) is 0 Å². The van der Waals surface area contributed by atoms with Crippen molar-refractivity contribution in [2.75, 3.05) is 13.1 Å². The van der Waals surface area contributed by atoms with E-state index in [1.165, 1.54) is 0 Å². The number of nitrogens with one attached hydrogen (secondary N) is 2. The van der Waals surface area contributed by atoms with Gasteiger partial charge in [-0.2, -0.15) is 5.10 Å². The Hall–Kier alpha value is -2.44. The maximum absolute atomic E-state index is 12.3. The van der Waals surface area contributed by atoms with Crippen molar-refractivity contribution in [2.45, 2.75) is 40.7 Å². The third-order valence-electron chi connectivity index (χ3n) is 3.73. The Morgan fingerprint density at radius 1 is 1.17 bits per heavy atom. The van der Waals surface area contributed by atoms with Crippen molar-refractivity contribution >= 4 is 22.8 Å². The van der Waals surface area contributed by atoms with E-state index in [2.05, 4.69) is 20.7 Å². The number of amides is 2. The standard InChI is InChI=1S/C17H25N5O2/c1-10(2)16(23)18-6-7-19-17(24)14-8-13-9-20-22(11(3)4)15(13)21-12(14)5/h8-11H,6-7H2,1-5H3,(H,18,23)(H,19,24). The maximum atomic E-state index is 12.3. The highest BCUT2D eigenvalue weighted by atomic mass is 16.2. The summed E-state index contributed by atoms with van der Waals surface area (Å²) >= 11 is 0. The summed E-state index contributed by atoms with van der Waals surface area (Å²) in [7, 11) is 0. The monoisotopic (exact) mass is 331 g/mol. The number of aromatic nitrogens is 3. The van der Waals surface area contributed by atoms with Gasteiger partial charge < -0.3 is 10.6 Å². The highest BCUT2D eigenvalue weighted by Gasteiger charge is 2.15. The fourth-order valence-electron chi connectivity index (χ4n) is 2.33. The zero-order valence-corrected chi connectivity index (χ0v) is 14.9. The van der Waals surface area contributed by atoms with E-state index >= 15 is 0 Å². The molecule has 2 heterocycles. The highest BCUT2D eigenvalue weighted by Crippen LogP contribution is 2.19. The zero-order chi connectivity index (χ0) is 17.9. The summed E-state index contributed by atoms with van der Waals surface area (Å²) in [6.07, 6.45) is 1.72. The molecule has 0 unspecified atom stereocenters. The van der Waals surface area contributed by atoms with E-state index in [9.17, 15) is 9.59 Å². The summed E-state index contributed by atoms with van der Waals surface area (Å²) < 4.78 is 1.84. The first-order valence-electron chi connectivity index (χ1n) is 8.22. The van der Waals surface area contributed by atoms with Crippen molar-refractivity contribution in [3.05, 3.63) is 23.5 Å². The van der Waals surface area contributed by atoms with Gasteiger partial charge in [-0.3, -0.25) is 9.59 Å². The van der Waals surface area contributed by atoms with Crippen LogP contribution in [-0.2, 0) is 4.79 Å². The number of aryl methyl sites for hydroxylation is 1. The van der Waals surface area contributed by atoms with E-state index in [-0.39, 0.29) is 23.8 Å². The van der Waals surface area contributed by atoms with Gasteiger partial charge in [-0.15, -0.1) is 0 Å². The molecule has 0 bridgehead atoms. The van der Waals surface area contributed by atoms with Crippen molar-refractivity contribution < 1.29 is 9.59 Å². The van der Waals surface area contributed by atoms with Crippen LogP contribution in [0.15, 0.2) is 12.3 Å². The van der Waals surface area contributed by atoms with E-state index in [1.54, 1.807) is 6.20 Å². The lowest BCUT2D eigenvalue weighted by Gasteiger charge is -2.11. The minimum atomic E-state index is -0.196. The average molecular weight is 331 g/mol. The minimum absolute atomic E-state index is 0.0235. The molecule has 0 aliphatic rings. The molecule has 2 aromatic rings. The molecule has 7 heteroatoms. The molecule has 130 valence electrons. The predicted octanol–water partition coefficient (Wildman–Crippen LogP) is 1.82. The number of rotatable bonds is 6. The van der Waals surface area contributed by atoms with Gasteiger partial charge in [0.05, 0.1) is 17.5 Å². The number of carbonyl (C=O) groups is 2. The second-order valence-corrected chi connectivity index (χ2v) is 6.42. The van der Waals surface area contributed by atoms with E-state index in [0.717, 1.165) is 11.0 Å². The lowest BCUT2D eigenvalue weighted by Crippen LogP contribution is -2.36. The van der Waals surface area contributed by atoms with E-state index in [4.69, 9.17) is 0 Å². The molecule has 0 saturated carbocycles. The highest BCUT2D eigenvalue weighted by molar-refractivity contribution is 5.98. The summed E-state index contributed by atoms with van der Waals surface area (Å²) in [6.45, 7) is 10.3. The van der Waals surface area contributed by atoms with Crippen LogP contribution in [0.4, 0.5) is 0 Å². The Morgan fingerprint density at radius 2 is 1.83 bits per heavy atom. The molecule has 2 amide bonds. The molecule has 2 rings (SSSR count). The molecular weight excluding hydrogens is 306 g/mol. The van der Waals surface area contributed by atoms with Crippen molar-refractivity contribution in [1.29, 1.82) is 0 Å². The molecule has 2 aromatic heterocycles. The van der Waals surface area contributed by atoms with Gasteiger partial charge in [0.1, 0.15) is 0 Å². The van der Waals surface area contributed by atoms with E-state index in [0.29, 0.717) is 24.3 Å². The van der Waals surface area contributed by atoms with Crippen LogP contribution in [0.5, 0.6) is 0 Å². The molecule has 0 spiro atoms. The SMILES string of the molecule is Cc1nc2c(cnn2C(C)C)cc1C(=O)NCCNC(=O)C(C)C. The molecule has 2 N–H and O–H groups in total. The number of nitrogens with zero attached hydrogens (tertiary/aromatic N) is 3. The first-order valence-corrected chi connectivity index (χ1v) is 8.22. The summed E-state index contributed by atoms with van der Waals surface area (Å²) in [4.78, 5) is 28.3. The Bertz CT molecular complexity index is 749. The van der Waals surface area contributed by atoms with Gasteiger partial charge in [-0.1, -0.05) is 13.8 Å². The second kappa shape index (κ2) is 7.42. The number of carbonyl (C=O) groups excluding carboxylic acids is 2. The van der Waals surface area contributed by atoms with Crippen LogP contribution < -0.4 is 10.6 Å². The number of pyridine rings is 1. The largest absolute Gasteiger partial charge is 0.354 e. The zero-order valence-electron chi connectivity index (χ0n) is 14.9. The first-order chi connectivity index (χ1) is 11.3. The van der Waals surface area contributed by atoms with Gasteiger partial charge in [0, 0.05) is 30.4 Å². The summed E-state index contributed by atoms with van der Waals surface area (Å²) in [5, 5.41) is 10.7. The molecule has 0 radical (unpaired) electrons. The molecule has 0 saturated heterocycles. The molecule has 0 aromatic carbocycles. The average Bonchev–Trinajstić information content (AvgIpc) is 2.92. The van der Waals surface area contributed by atoms with Crippen LogP contribution >= 0.6 is 0 Å². The quantitative estimate of drug-likeness (QED) is 0.790. The first kappa shape index (κ1) is 17.9. The van der Waals surface area contributed by atoms with Crippen LogP contribution in [0.3, 0.4) is 0 Å². The molecule has 24 heavy (non-hydrogen) atoms. The van der Waals surface area contributed by atoms with E-state index < -0.39 is 0 Å². The van der Waals surface area contributed by atoms with Crippen molar-refractivity contribution in [2.24, 2.45) is 5.92 Å². The number of fused-ring (bicyclic) bond motifs is 1. The molecular formula is C17H25N5O2. The smallest absolute Gasteiger partial charge is 0.253 e. The minimum Gasteiger partial charge on any atom is -0.354 e. The Morgan fingerprint density at radius 3 is 2.46 bits per heavy atom. The lowest BCUT2D eigenvalue weighted by molar-refractivity contribution is -0.123. The maximum Gasteiger partial charge on any atom is 0.253 e. The molecule has 0 fully saturated rings. The third-order valence-corrected chi connectivity index (χ3v) is 3.73. The molecule has 0 aliphatic carbocycles. The van der Waals surface area contributed by atoms with Crippen molar-refractivity contribution in [3.8, 4) is 0 Å². The molecule has 7 nitrogen and oxygen atoms in total. The fourth-order valence-corrected chi connectivity index (χ4v) is 2.33. The Kier molecular flexibility index (Phi) is 5.54. The topological polar surface area (TPSA) is 88.9 Å². The fraction of sp³-hybridized carbons (Fsp3) is 0.529. The van der Waals surface area contributed by atoms with Gasteiger partial charge in [-0.25, -0.2) is 9.67 Å². The van der Waals surface area contributed by atoms with Gasteiger partial charge in [0.25, 0.3) is 5.91 Å². The van der Waals surface area contributed by atoms with Gasteiger partial charge in [-0.05, 0) is 26.8 Å². The van der Waals surface area contributed by atoms with Crippen molar-refractivity contribution in [1.82, 2.24) is 25.4 Å². The van der Waals surface area contributed by atoms with Crippen LogP contribution in [0, 0.1) is 12.8 Å². The summed E-state index contributed by atoms with van der Waals surface area (Å²) in [5.74, 6) is -0.283. The normalized spacial score (nSPS) is 11.3. The Labute approximate surface area is 141 Å². The summed E-state index contributed by atoms with van der Waals surface area (Å²) in [5.41, 5.74) is 1.97. The predicted molar refractivity (Wildman–Crippen MR) is 92.8 cm³/mol. The van der Waals surface area contributed by atoms with Crippen LogP contribution in [0.25, 0.3) is 11.0 Å². The number of hydrogen-bond acceptors (Lipinski definition) is 4. The lowest BCUT2D eigenvalue weighted by atomic mass is 10.1. The van der Waals surface area contributed by atoms with Gasteiger partial charge in [0.2, 0.25) is 5.91 Å². The molecule has 0 atom stereocenters.